The van der Waals surface area contributed by atoms with Crippen molar-refractivity contribution in [2.45, 2.75) is 57.0 Å². The molecule has 1 atom stereocenters. The number of thioether (sulfide) groups is 1. The van der Waals surface area contributed by atoms with Gasteiger partial charge in [-0.3, -0.25) is 4.79 Å². The molecule has 1 amide bonds. The van der Waals surface area contributed by atoms with Crippen LogP contribution in [0.1, 0.15) is 45.6 Å². The summed E-state index contributed by atoms with van der Waals surface area (Å²) in [5, 5.41) is 3.67. The van der Waals surface area contributed by atoms with Gasteiger partial charge >= 0.3 is 0 Å². The summed E-state index contributed by atoms with van der Waals surface area (Å²) in [6.07, 6.45) is 4.79. The Morgan fingerprint density at radius 2 is 1.96 bits per heavy atom. The summed E-state index contributed by atoms with van der Waals surface area (Å²) in [7, 11) is 0. The Hall–Kier alpha value is -1.75. The van der Waals surface area contributed by atoms with Gasteiger partial charge in [0.2, 0.25) is 5.91 Å². The molecule has 0 aliphatic heterocycles. The molecule has 23 heavy (non-hydrogen) atoms. The van der Waals surface area contributed by atoms with Crippen LogP contribution in [0.25, 0.3) is 0 Å². The third-order valence-electron chi connectivity index (χ3n) is 3.64. The van der Waals surface area contributed by atoms with Crippen LogP contribution in [0, 0.1) is 0 Å². The van der Waals surface area contributed by atoms with Gasteiger partial charge in [0.25, 0.3) is 0 Å². The van der Waals surface area contributed by atoms with Gasteiger partial charge in [-0.05, 0) is 37.0 Å². The highest BCUT2D eigenvalue weighted by Crippen LogP contribution is 2.23. The second-order valence-corrected chi connectivity index (χ2v) is 7.24. The summed E-state index contributed by atoms with van der Waals surface area (Å²) in [5.41, 5.74) is 2.11. The number of benzene rings is 1. The number of aromatic nitrogens is 2. The molecule has 0 saturated carbocycles. The van der Waals surface area contributed by atoms with Crippen LogP contribution in [-0.4, -0.2) is 20.7 Å². The minimum Gasteiger partial charge on any atom is -0.326 e. The van der Waals surface area contributed by atoms with Crippen LogP contribution in [-0.2, 0) is 11.3 Å². The van der Waals surface area contributed by atoms with Gasteiger partial charge in [-0.2, -0.15) is 0 Å². The van der Waals surface area contributed by atoms with E-state index in [0.717, 1.165) is 23.8 Å². The first-order chi connectivity index (χ1) is 11.0. The minimum absolute atomic E-state index is 0.00153. The summed E-state index contributed by atoms with van der Waals surface area (Å²) < 4.78 is 2.09. The van der Waals surface area contributed by atoms with E-state index in [4.69, 9.17) is 0 Å². The first kappa shape index (κ1) is 17.6. The van der Waals surface area contributed by atoms with Crippen LogP contribution in [0.5, 0.6) is 0 Å². The molecule has 0 aliphatic rings. The van der Waals surface area contributed by atoms with Gasteiger partial charge < -0.3 is 9.88 Å². The van der Waals surface area contributed by atoms with Crippen LogP contribution in [0.4, 0.5) is 5.69 Å². The quantitative estimate of drug-likeness (QED) is 0.758. The highest BCUT2D eigenvalue weighted by molar-refractivity contribution is 8.00. The Kier molecular flexibility index (Phi) is 6.28. The number of carbonyl (C=O) groups is 1. The number of nitrogens with zero attached hydrogens (tertiary/aromatic N) is 2. The molecular weight excluding hydrogens is 306 g/mol. The molecule has 0 spiro atoms. The molecule has 1 heterocycles. The van der Waals surface area contributed by atoms with E-state index in [1.165, 1.54) is 17.3 Å². The zero-order valence-electron chi connectivity index (χ0n) is 14.2. The molecule has 0 radical (unpaired) electrons. The third-order valence-corrected chi connectivity index (χ3v) is 4.76. The first-order valence-electron chi connectivity index (χ1n) is 8.09. The lowest BCUT2D eigenvalue weighted by atomic mass is 10.0. The highest BCUT2D eigenvalue weighted by atomic mass is 32.2. The molecule has 2 rings (SSSR count). The fourth-order valence-corrected chi connectivity index (χ4v) is 3.12. The normalized spacial score (nSPS) is 12.4. The average molecular weight is 331 g/mol. The lowest BCUT2D eigenvalue weighted by Crippen LogP contribution is -2.22. The van der Waals surface area contributed by atoms with E-state index in [1.807, 2.05) is 25.3 Å². The number of anilines is 1. The van der Waals surface area contributed by atoms with E-state index in [2.05, 4.69) is 47.8 Å². The maximum absolute atomic E-state index is 12.4. The van der Waals surface area contributed by atoms with E-state index >= 15 is 0 Å². The molecule has 1 aromatic carbocycles. The average Bonchev–Trinajstić information content (AvgIpc) is 2.95. The number of amides is 1. The molecule has 124 valence electrons. The smallest absolute Gasteiger partial charge is 0.237 e. The van der Waals surface area contributed by atoms with Gasteiger partial charge in [0.15, 0.2) is 5.16 Å². The van der Waals surface area contributed by atoms with Crippen LogP contribution in [0.2, 0.25) is 0 Å². The number of aryl methyl sites for hydroxylation is 1. The predicted octanol–water partition coefficient (Wildman–Crippen LogP) is 4.54. The fraction of sp³-hybridized carbons (Fsp3) is 0.444. The number of imidazole rings is 1. The van der Waals surface area contributed by atoms with Crippen molar-refractivity contribution in [1.29, 1.82) is 0 Å². The van der Waals surface area contributed by atoms with Crippen LogP contribution < -0.4 is 5.32 Å². The summed E-state index contributed by atoms with van der Waals surface area (Å²) in [4.78, 5) is 16.7. The summed E-state index contributed by atoms with van der Waals surface area (Å²) in [5.74, 6) is 0.491. The molecule has 1 N–H and O–H groups in total. The van der Waals surface area contributed by atoms with Crippen molar-refractivity contribution in [1.82, 2.24) is 9.55 Å². The van der Waals surface area contributed by atoms with Crippen molar-refractivity contribution in [3.8, 4) is 0 Å². The molecular formula is C18H25N3OS. The lowest BCUT2D eigenvalue weighted by molar-refractivity contribution is -0.115. The highest BCUT2D eigenvalue weighted by Gasteiger charge is 2.17. The van der Waals surface area contributed by atoms with Crippen molar-refractivity contribution in [2.24, 2.45) is 0 Å². The van der Waals surface area contributed by atoms with Gasteiger partial charge in [0.1, 0.15) is 0 Å². The van der Waals surface area contributed by atoms with Gasteiger partial charge in [0, 0.05) is 24.6 Å². The summed E-state index contributed by atoms with van der Waals surface area (Å²) in [6, 6.07) is 8.05. The minimum atomic E-state index is -0.196. The van der Waals surface area contributed by atoms with Crippen molar-refractivity contribution in [2.75, 3.05) is 5.32 Å². The van der Waals surface area contributed by atoms with Crippen LogP contribution >= 0.6 is 11.8 Å². The Labute approximate surface area is 142 Å². The molecule has 4 nitrogen and oxygen atoms in total. The van der Waals surface area contributed by atoms with E-state index < -0.39 is 0 Å². The standard InChI is InChI=1S/C18H25N3OS/c1-5-11-21-12-10-19-18(21)23-14(4)17(22)20-16-8-6-15(7-9-16)13(2)3/h6-10,12-14H,5,11H2,1-4H3,(H,20,22). The Morgan fingerprint density at radius 3 is 2.57 bits per heavy atom. The van der Waals surface area contributed by atoms with E-state index in [9.17, 15) is 4.79 Å². The topological polar surface area (TPSA) is 46.9 Å². The maximum Gasteiger partial charge on any atom is 0.237 e. The molecule has 1 aromatic heterocycles. The predicted molar refractivity (Wildman–Crippen MR) is 97.0 cm³/mol. The van der Waals surface area contributed by atoms with Crippen LogP contribution in [0.15, 0.2) is 41.8 Å². The molecule has 1 unspecified atom stereocenters. The molecule has 0 saturated heterocycles. The maximum atomic E-state index is 12.4. The van der Waals surface area contributed by atoms with Crippen molar-refractivity contribution in [3.63, 3.8) is 0 Å². The van der Waals surface area contributed by atoms with Gasteiger partial charge in [-0.25, -0.2) is 4.98 Å². The summed E-state index contributed by atoms with van der Waals surface area (Å²) >= 11 is 1.49. The molecule has 5 heteroatoms. The number of nitrogens with one attached hydrogen (secondary N) is 1. The number of hydrogen-bond donors (Lipinski definition) is 1. The van der Waals surface area contributed by atoms with Gasteiger partial charge in [0.05, 0.1) is 5.25 Å². The summed E-state index contributed by atoms with van der Waals surface area (Å²) in [6.45, 7) is 9.28. The lowest BCUT2D eigenvalue weighted by Gasteiger charge is -2.13. The third kappa shape index (κ3) is 4.86. The van der Waals surface area contributed by atoms with Crippen molar-refractivity contribution in [3.05, 3.63) is 42.2 Å². The fourth-order valence-electron chi connectivity index (χ4n) is 2.23. The largest absolute Gasteiger partial charge is 0.326 e. The van der Waals surface area contributed by atoms with Crippen LogP contribution in [0.3, 0.4) is 0 Å². The van der Waals surface area contributed by atoms with E-state index in [1.54, 1.807) is 6.20 Å². The van der Waals surface area contributed by atoms with Crippen molar-refractivity contribution < 1.29 is 4.79 Å². The number of rotatable bonds is 7. The Bertz CT molecular complexity index is 634. The molecule has 2 aromatic rings. The second-order valence-electron chi connectivity index (χ2n) is 5.93. The van der Waals surface area contributed by atoms with E-state index in [-0.39, 0.29) is 11.2 Å². The van der Waals surface area contributed by atoms with Crippen molar-refractivity contribution >= 4 is 23.4 Å². The SMILES string of the molecule is CCCn1ccnc1SC(C)C(=O)Nc1ccc(C(C)C)cc1. The molecule has 0 fully saturated rings. The van der Waals surface area contributed by atoms with Gasteiger partial charge in [-0.15, -0.1) is 0 Å². The first-order valence-corrected chi connectivity index (χ1v) is 8.97. The Balaban J connectivity index is 1.95. The monoisotopic (exact) mass is 331 g/mol. The zero-order valence-corrected chi connectivity index (χ0v) is 15.1. The molecule has 0 aliphatic carbocycles. The van der Waals surface area contributed by atoms with E-state index in [0.29, 0.717) is 5.92 Å². The van der Waals surface area contributed by atoms with Gasteiger partial charge in [-0.1, -0.05) is 44.7 Å². The number of hydrogen-bond acceptors (Lipinski definition) is 3. The number of carbonyl (C=O) groups excluding carboxylic acids is 1. The Morgan fingerprint density at radius 1 is 1.26 bits per heavy atom. The molecule has 0 bridgehead atoms. The zero-order chi connectivity index (χ0) is 16.8. The second kappa shape index (κ2) is 8.20.